The second-order valence-corrected chi connectivity index (χ2v) is 4.38. The lowest BCUT2D eigenvalue weighted by Gasteiger charge is -2.01. The van der Waals surface area contributed by atoms with E-state index in [-0.39, 0.29) is 0 Å². The van der Waals surface area contributed by atoms with E-state index in [1.165, 1.54) is 45.4 Å². The molecule has 0 bridgehead atoms. The number of rotatable bonds is 12. The minimum absolute atomic E-state index is 0.326. The summed E-state index contributed by atoms with van der Waals surface area (Å²) in [7, 11) is 0. The standard InChI is InChI=1S/C11H28N6/c12-5-3-7-16-9-4-8-15-6-1-2-10-17-11(13)14/h15-16H,1-10,12H2,(H4,13,14,17)/p+4. The van der Waals surface area contributed by atoms with Gasteiger partial charge in [0.25, 0.3) is 0 Å². The number of guanidine groups is 1. The third-order valence-corrected chi connectivity index (χ3v) is 2.64. The summed E-state index contributed by atoms with van der Waals surface area (Å²) in [6.45, 7) is 6.85. The van der Waals surface area contributed by atoms with Crippen molar-refractivity contribution in [1.29, 1.82) is 0 Å². The molecule has 12 N–H and O–H groups in total. The molecule has 0 radical (unpaired) electrons. The predicted octanol–water partition coefficient (Wildman–Crippen LogP) is -5.73. The van der Waals surface area contributed by atoms with Crippen molar-refractivity contribution in [3.8, 4) is 0 Å². The molecule has 0 saturated heterocycles. The minimum atomic E-state index is 0.326. The molecule has 0 aliphatic carbocycles. The molecule has 0 fully saturated rings. The number of hydrogen-bond donors (Lipinski definition) is 6. The first-order valence-corrected chi connectivity index (χ1v) is 6.81. The van der Waals surface area contributed by atoms with Crippen LogP contribution in [0, 0.1) is 0 Å². The third kappa shape index (κ3) is 15.1. The van der Waals surface area contributed by atoms with Gasteiger partial charge in [0.1, 0.15) is 0 Å². The molecule has 0 spiro atoms. The number of nitrogens with one attached hydrogen (secondary N) is 1. The Morgan fingerprint density at radius 2 is 1.47 bits per heavy atom. The van der Waals surface area contributed by atoms with Crippen LogP contribution in [0.5, 0.6) is 0 Å². The highest BCUT2D eigenvalue weighted by molar-refractivity contribution is 5.69. The smallest absolute Gasteiger partial charge is 0.338 e. The summed E-state index contributed by atoms with van der Waals surface area (Å²) in [6, 6.07) is 0. The Hall–Kier alpha value is -0.850. The van der Waals surface area contributed by atoms with Crippen LogP contribution in [0.25, 0.3) is 0 Å². The van der Waals surface area contributed by atoms with Gasteiger partial charge in [-0.2, -0.15) is 0 Å². The van der Waals surface area contributed by atoms with E-state index < -0.39 is 0 Å². The first-order valence-electron chi connectivity index (χ1n) is 6.81. The molecule has 0 atom stereocenters. The molecule has 0 aromatic heterocycles. The molecule has 0 aromatic rings. The van der Waals surface area contributed by atoms with Gasteiger partial charge in [0.15, 0.2) is 0 Å². The van der Waals surface area contributed by atoms with Crippen molar-refractivity contribution in [2.24, 2.45) is 11.5 Å². The van der Waals surface area contributed by atoms with Crippen molar-refractivity contribution >= 4 is 5.96 Å². The second-order valence-electron chi connectivity index (χ2n) is 4.38. The Labute approximate surface area is 104 Å². The summed E-state index contributed by atoms with van der Waals surface area (Å²) in [4.78, 5) is 2.92. The van der Waals surface area contributed by atoms with E-state index in [1.807, 2.05) is 0 Å². The number of quaternary nitrogens is 3. The zero-order chi connectivity index (χ0) is 12.8. The quantitative estimate of drug-likeness (QED) is 0.117. The fourth-order valence-electron chi connectivity index (χ4n) is 1.63. The molecule has 0 unspecified atom stereocenters. The van der Waals surface area contributed by atoms with E-state index >= 15 is 0 Å². The lowest BCUT2D eigenvalue weighted by Crippen LogP contribution is -2.88. The molecule has 17 heavy (non-hydrogen) atoms. The van der Waals surface area contributed by atoms with Gasteiger partial charge in [-0.15, -0.1) is 0 Å². The summed E-state index contributed by atoms with van der Waals surface area (Å²) in [5, 5.41) is 4.79. The minimum Gasteiger partial charge on any atom is -0.357 e. The fourth-order valence-corrected chi connectivity index (χ4v) is 1.63. The molecule has 0 aromatic carbocycles. The van der Waals surface area contributed by atoms with Crippen LogP contribution in [0.2, 0.25) is 0 Å². The van der Waals surface area contributed by atoms with Gasteiger partial charge in [-0.25, -0.2) is 0 Å². The number of nitrogens with two attached hydrogens (primary N) is 4. The molecule has 0 rings (SSSR count). The topological polar surface area (TPSA) is 127 Å². The maximum Gasteiger partial charge on any atom is 0.338 e. The zero-order valence-electron chi connectivity index (χ0n) is 11.1. The Bertz CT molecular complexity index is 179. The highest BCUT2D eigenvalue weighted by atomic mass is 15.0. The maximum atomic E-state index is 5.29. The van der Waals surface area contributed by atoms with Gasteiger partial charge in [0.05, 0.1) is 39.3 Å². The molecular formula is C11H32N6+4. The summed E-state index contributed by atoms with van der Waals surface area (Å²) < 4.78 is 0. The third-order valence-electron chi connectivity index (χ3n) is 2.64. The van der Waals surface area contributed by atoms with E-state index in [9.17, 15) is 0 Å². The van der Waals surface area contributed by atoms with Crippen LogP contribution in [-0.4, -0.2) is 45.2 Å². The van der Waals surface area contributed by atoms with Crippen LogP contribution in [0.4, 0.5) is 0 Å². The van der Waals surface area contributed by atoms with Crippen molar-refractivity contribution in [3.63, 3.8) is 0 Å². The van der Waals surface area contributed by atoms with Gasteiger partial charge < -0.3 is 16.4 Å². The fraction of sp³-hybridized carbons (Fsp3) is 0.909. The van der Waals surface area contributed by atoms with Crippen LogP contribution >= 0.6 is 0 Å². The van der Waals surface area contributed by atoms with Gasteiger partial charge >= 0.3 is 5.96 Å². The van der Waals surface area contributed by atoms with Crippen molar-refractivity contribution < 1.29 is 21.4 Å². The Kier molecular flexibility index (Phi) is 12.6. The zero-order valence-corrected chi connectivity index (χ0v) is 11.1. The first kappa shape index (κ1) is 16.1. The van der Waals surface area contributed by atoms with Crippen molar-refractivity contribution in [2.75, 3.05) is 39.3 Å². The Morgan fingerprint density at radius 1 is 0.882 bits per heavy atom. The van der Waals surface area contributed by atoms with E-state index in [0.717, 1.165) is 19.5 Å². The summed E-state index contributed by atoms with van der Waals surface area (Å²) in [5.41, 5.74) is 14.4. The first-order chi connectivity index (χ1) is 8.27. The Balaban J connectivity index is 2.96. The average molecular weight is 248 g/mol. The van der Waals surface area contributed by atoms with E-state index in [1.54, 1.807) is 0 Å². The molecule has 0 aliphatic heterocycles. The maximum absolute atomic E-state index is 5.29. The predicted molar refractivity (Wildman–Crippen MR) is 68.8 cm³/mol. The molecule has 6 heteroatoms. The SMILES string of the molecule is NC(N)=[NH+]CCCC[NH2+]CCC[NH2+]CCC[NH3+]. The highest BCUT2D eigenvalue weighted by Gasteiger charge is 1.95. The molecule has 0 heterocycles. The normalized spacial score (nSPS) is 10.4. The number of unbranched alkanes of at least 4 members (excludes halogenated alkanes) is 1. The van der Waals surface area contributed by atoms with Gasteiger partial charge in [-0.3, -0.25) is 16.5 Å². The average Bonchev–Trinajstić information content (AvgIpc) is 2.30. The molecule has 0 aliphatic rings. The summed E-state index contributed by atoms with van der Waals surface area (Å²) >= 11 is 0. The van der Waals surface area contributed by atoms with Crippen LogP contribution in [0.15, 0.2) is 0 Å². The van der Waals surface area contributed by atoms with Gasteiger partial charge in [-0.1, -0.05) is 0 Å². The summed E-state index contributed by atoms with van der Waals surface area (Å²) in [5.74, 6) is 0.326. The van der Waals surface area contributed by atoms with Crippen LogP contribution < -0.4 is 32.8 Å². The van der Waals surface area contributed by atoms with E-state index in [2.05, 4.69) is 21.4 Å². The lowest BCUT2D eigenvalue weighted by molar-refractivity contribution is -0.681. The highest BCUT2D eigenvalue weighted by Crippen LogP contribution is 1.76. The molecule has 0 saturated carbocycles. The number of hydrogen-bond acceptors (Lipinski definition) is 0. The van der Waals surface area contributed by atoms with Crippen LogP contribution in [-0.2, 0) is 0 Å². The lowest BCUT2D eigenvalue weighted by atomic mass is 10.3. The van der Waals surface area contributed by atoms with Crippen molar-refractivity contribution in [1.82, 2.24) is 0 Å². The summed E-state index contributed by atoms with van der Waals surface area (Å²) in [6.07, 6.45) is 4.87. The molecule has 102 valence electrons. The molecule has 6 nitrogen and oxygen atoms in total. The van der Waals surface area contributed by atoms with Gasteiger partial charge in [0, 0.05) is 12.8 Å². The van der Waals surface area contributed by atoms with Crippen molar-refractivity contribution in [3.05, 3.63) is 0 Å². The van der Waals surface area contributed by atoms with Crippen LogP contribution in [0.3, 0.4) is 0 Å². The Morgan fingerprint density at radius 3 is 2.06 bits per heavy atom. The van der Waals surface area contributed by atoms with E-state index in [4.69, 9.17) is 11.5 Å². The molecular weight excluding hydrogens is 216 g/mol. The second kappa shape index (κ2) is 13.2. The molecule has 0 amide bonds. The largest absolute Gasteiger partial charge is 0.357 e. The monoisotopic (exact) mass is 248 g/mol. The van der Waals surface area contributed by atoms with Crippen molar-refractivity contribution in [2.45, 2.75) is 25.7 Å². The van der Waals surface area contributed by atoms with Crippen LogP contribution in [0.1, 0.15) is 25.7 Å². The van der Waals surface area contributed by atoms with E-state index in [0.29, 0.717) is 5.96 Å². The van der Waals surface area contributed by atoms with Gasteiger partial charge in [0.2, 0.25) is 0 Å². The van der Waals surface area contributed by atoms with Gasteiger partial charge in [-0.05, 0) is 12.8 Å².